The molecule has 0 N–H and O–H groups in total. The van der Waals surface area contributed by atoms with Crippen LogP contribution in [0.25, 0.3) is 0 Å². The lowest BCUT2D eigenvalue weighted by atomic mass is 10.0. The molecule has 0 aliphatic carbocycles. The van der Waals surface area contributed by atoms with Gasteiger partial charge in [0.25, 0.3) is 0 Å². The molecular formula is C34H70S. The highest BCUT2D eigenvalue weighted by molar-refractivity contribution is 7.80. The fourth-order valence-electron chi connectivity index (χ4n) is 5.49. The summed E-state index contributed by atoms with van der Waals surface area (Å²) in [5.41, 5.74) is 0. The summed E-state index contributed by atoms with van der Waals surface area (Å²) >= 11 is 4.28. The molecule has 0 atom stereocenters. The summed E-state index contributed by atoms with van der Waals surface area (Å²) in [4.78, 5) is 0. The smallest absolute Gasteiger partial charge is 0.00979 e. The molecule has 0 aromatic carbocycles. The first kappa shape index (κ1) is 35.4. The maximum atomic E-state index is 4.28. The Labute approximate surface area is 230 Å². The van der Waals surface area contributed by atoms with E-state index in [2.05, 4.69) is 19.6 Å². The van der Waals surface area contributed by atoms with E-state index >= 15 is 0 Å². The highest BCUT2D eigenvalue weighted by Gasteiger charge is 1.97. The van der Waals surface area contributed by atoms with Gasteiger partial charge >= 0.3 is 0 Å². The van der Waals surface area contributed by atoms with Gasteiger partial charge in [0, 0.05) is 0 Å². The predicted octanol–water partition coefficient (Wildman–Crippen LogP) is 13.4. The van der Waals surface area contributed by atoms with Crippen molar-refractivity contribution >= 4 is 12.6 Å². The standard InChI is InChI=1S/C34H70S/c1-2-3-4-5-6-7-8-9-10-11-12-13-14-15-16-17-18-19-20-21-22-23-24-25-26-27-28-29-30-31-32-33-34-35/h35H,2-34H2,1H3. The first-order valence-corrected chi connectivity index (χ1v) is 17.7. The summed E-state index contributed by atoms with van der Waals surface area (Å²) in [6.45, 7) is 2.31. The Bertz CT molecular complexity index is 307. The quantitative estimate of drug-likeness (QED) is 0.0675. The molecule has 212 valence electrons. The van der Waals surface area contributed by atoms with Crippen LogP contribution < -0.4 is 0 Å². The van der Waals surface area contributed by atoms with Crippen molar-refractivity contribution in [3.05, 3.63) is 0 Å². The summed E-state index contributed by atoms with van der Waals surface area (Å²) in [5, 5.41) is 0. The van der Waals surface area contributed by atoms with Gasteiger partial charge in [-0.2, -0.15) is 12.6 Å². The van der Waals surface area contributed by atoms with Gasteiger partial charge in [-0.15, -0.1) is 0 Å². The Balaban J connectivity index is 3.00. The third-order valence-electron chi connectivity index (χ3n) is 8.01. The van der Waals surface area contributed by atoms with E-state index in [1.165, 1.54) is 205 Å². The predicted molar refractivity (Wildman–Crippen MR) is 167 cm³/mol. The Morgan fingerprint density at radius 3 is 0.514 bits per heavy atom. The Kier molecular flexibility index (Phi) is 34.7. The number of rotatable bonds is 32. The van der Waals surface area contributed by atoms with Gasteiger partial charge in [-0.05, 0) is 12.2 Å². The molecule has 0 fully saturated rings. The molecule has 35 heavy (non-hydrogen) atoms. The van der Waals surface area contributed by atoms with Crippen LogP contribution in [0.3, 0.4) is 0 Å². The van der Waals surface area contributed by atoms with Crippen molar-refractivity contribution in [2.75, 3.05) is 5.75 Å². The van der Waals surface area contributed by atoms with Crippen LogP contribution in [0, 0.1) is 0 Å². The molecule has 1 heteroatoms. The molecular weight excluding hydrogens is 440 g/mol. The highest BCUT2D eigenvalue weighted by atomic mass is 32.1. The van der Waals surface area contributed by atoms with E-state index in [1.54, 1.807) is 0 Å². The van der Waals surface area contributed by atoms with Gasteiger partial charge in [-0.3, -0.25) is 0 Å². The number of hydrogen-bond donors (Lipinski definition) is 1. The van der Waals surface area contributed by atoms with Crippen molar-refractivity contribution in [2.24, 2.45) is 0 Å². The molecule has 0 saturated carbocycles. The summed E-state index contributed by atoms with van der Waals surface area (Å²) in [7, 11) is 0. The van der Waals surface area contributed by atoms with E-state index < -0.39 is 0 Å². The Hall–Kier alpha value is 0.350. The SMILES string of the molecule is CCCCCCCCCCCCCCCCCCCCCCCCCCCCCCCCCCS. The largest absolute Gasteiger partial charge is 0.179 e. The van der Waals surface area contributed by atoms with Crippen LogP contribution in [0.1, 0.15) is 212 Å². The van der Waals surface area contributed by atoms with E-state index in [0.29, 0.717) is 0 Å². The van der Waals surface area contributed by atoms with Crippen LogP contribution in [0.15, 0.2) is 0 Å². The van der Waals surface area contributed by atoms with Gasteiger partial charge in [0.1, 0.15) is 0 Å². The van der Waals surface area contributed by atoms with Crippen molar-refractivity contribution in [1.82, 2.24) is 0 Å². The topological polar surface area (TPSA) is 0 Å². The third kappa shape index (κ3) is 34.4. The van der Waals surface area contributed by atoms with E-state index in [1.807, 2.05) is 0 Å². The zero-order valence-corrected chi connectivity index (χ0v) is 25.7. The van der Waals surface area contributed by atoms with E-state index in [-0.39, 0.29) is 0 Å². The second-order valence-corrected chi connectivity index (χ2v) is 12.1. The second kappa shape index (κ2) is 34.4. The minimum Gasteiger partial charge on any atom is -0.179 e. The maximum absolute atomic E-state index is 4.28. The van der Waals surface area contributed by atoms with Gasteiger partial charge in [-0.25, -0.2) is 0 Å². The van der Waals surface area contributed by atoms with Gasteiger partial charge in [-0.1, -0.05) is 206 Å². The van der Waals surface area contributed by atoms with E-state index in [9.17, 15) is 0 Å². The molecule has 0 bridgehead atoms. The fourth-order valence-corrected chi connectivity index (χ4v) is 5.71. The molecule has 0 aliphatic heterocycles. The van der Waals surface area contributed by atoms with Crippen molar-refractivity contribution in [2.45, 2.75) is 212 Å². The van der Waals surface area contributed by atoms with Crippen LogP contribution in [-0.2, 0) is 0 Å². The van der Waals surface area contributed by atoms with Gasteiger partial charge in [0.05, 0.1) is 0 Å². The zero-order chi connectivity index (χ0) is 25.3. The second-order valence-electron chi connectivity index (χ2n) is 11.7. The number of hydrogen-bond acceptors (Lipinski definition) is 1. The lowest BCUT2D eigenvalue weighted by Gasteiger charge is -2.04. The molecule has 0 aromatic heterocycles. The summed E-state index contributed by atoms with van der Waals surface area (Å²) in [5.74, 6) is 1.07. The minimum absolute atomic E-state index is 1.07. The van der Waals surface area contributed by atoms with Crippen LogP contribution >= 0.6 is 12.6 Å². The molecule has 0 rings (SSSR count). The zero-order valence-electron chi connectivity index (χ0n) is 24.8. The first-order valence-electron chi connectivity index (χ1n) is 17.0. The van der Waals surface area contributed by atoms with Crippen molar-refractivity contribution in [3.8, 4) is 0 Å². The molecule has 0 amide bonds. The maximum Gasteiger partial charge on any atom is -0.00979 e. The minimum atomic E-state index is 1.07. The van der Waals surface area contributed by atoms with Crippen molar-refractivity contribution in [3.63, 3.8) is 0 Å². The molecule has 0 radical (unpaired) electrons. The molecule has 0 aliphatic rings. The molecule has 0 spiro atoms. The summed E-state index contributed by atoms with van der Waals surface area (Å²) in [6, 6.07) is 0. The van der Waals surface area contributed by atoms with Crippen LogP contribution in [0.5, 0.6) is 0 Å². The average Bonchev–Trinajstić information content (AvgIpc) is 2.87. The van der Waals surface area contributed by atoms with Crippen LogP contribution in [0.2, 0.25) is 0 Å². The monoisotopic (exact) mass is 511 g/mol. The Morgan fingerprint density at radius 2 is 0.371 bits per heavy atom. The van der Waals surface area contributed by atoms with Gasteiger partial charge in [0.2, 0.25) is 0 Å². The van der Waals surface area contributed by atoms with Crippen molar-refractivity contribution in [1.29, 1.82) is 0 Å². The number of unbranched alkanes of at least 4 members (excludes halogenated alkanes) is 31. The lowest BCUT2D eigenvalue weighted by molar-refractivity contribution is 0.512. The van der Waals surface area contributed by atoms with E-state index in [4.69, 9.17) is 0 Å². The van der Waals surface area contributed by atoms with Crippen LogP contribution in [-0.4, -0.2) is 5.75 Å². The van der Waals surface area contributed by atoms with Gasteiger partial charge < -0.3 is 0 Å². The first-order chi connectivity index (χ1) is 17.4. The summed E-state index contributed by atoms with van der Waals surface area (Å²) < 4.78 is 0. The van der Waals surface area contributed by atoms with Crippen molar-refractivity contribution < 1.29 is 0 Å². The Morgan fingerprint density at radius 1 is 0.229 bits per heavy atom. The number of thiol groups is 1. The average molecular weight is 511 g/mol. The molecule has 0 nitrogen and oxygen atoms in total. The van der Waals surface area contributed by atoms with E-state index in [0.717, 1.165) is 5.75 Å². The molecule has 0 unspecified atom stereocenters. The molecule has 0 heterocycles. The molecule has 0 saturated heterocycles. The lowest BCUT2D eigenvalue weighted by Crippen LogP contribution is -1.85. The third-order valence-corrected chi connectivity index (χ3v) is 8.33. The molecule has 0 aromatic rings. The fraction of sp³-hybridized carbons (Fsp3) is 1.00. The normalized spacial score (nSPS) is 11.5. The highest BCUT2D eigenvalue weighted by Crippen LogP contribution is 2.16. The summed E-state index contributed by atoms with van der Waals surface area (Å²) in [6.07, 6.45) is 47.1. The van der Waals surface area contributed by atoms with Crippen LogP contribution in [0.4, 0.5) is 0 Å². The van der Waals surface area contributed by atoms with Gasteiger partial charge in [0.15, 0.2) is 0 Å².